The predicted octanol–water partition coefficient (Wildman–Crippen LogP) is 3.43. The Morgan fingerprint density at radius 2 is 2.05 bits per heavy atom. The van der Waals surface area contributed by atoms with Crippen LogP contribution in [0.1, 0.15) is 11.1 Å². The summed E-state index contributed by atoms with van der Waals surface area (Å²) in [5, 5.41) is 12.5. The van der Waals surface area contributed by atoms with E-state index in [4.69, 9.17) is 5.11 Å². The molecular weight excluding hydrogens is 285 g/mol. The molecule has 0 fully saturated rings. The number of aliphatic carboxylic acids is 1. The van der Waals surface area contributed by atoms with Crippen molar-refractivity contribution in [3.63, 3.8) is 0 Å². The molecule has 0 radical (unpaired) electrons. The Morgan fingerprint density at radius 1 is 1.33 bits per heavy atom. The Labute approximate surface area is 118 Å². The van der Waals surface area contributed by atoms with Crippen molar-refractivity contribution in [1.29, 1.82) is 0 Å². The molecule has 2 aromatic rings. The molecule has 110 valence electrons. The summed E-state index contributed by atoms with van der Waals surface area (Å²) in [5.74, 6) is -1.14. The number of hydrogen-bond acceptors (Lipinski definition) is 2. The molecular formula is C14H11F3N2O2. The summed E-state index contributed by atoms with van der Waals surface area (Å²) >= 11 is 0. The van der Waals surface area contributed by atoms with Gasteiger partial charge in [0.15, 0.2) is 0 Å². The summed E-state index contributed by atoms with van der Waals surface area (Å²) in [6, 6.07) is 5.18. The number of aryl methyl sites for hydroxylation is 1. The fraction of sp³-hybridized carbons (Fsp3) is 0.143. The molecule has 21 heavy (non-hydrogen) atoms. The van der Waals surface area contributed by atoms with Gasteiger partial charge < -0.3 is 5.11 Å². The van der Waals surface area contributed by atoms with Crippen LogP contribution in [0.15, 0.2) is 36.5 Å². The lowest BCUT2D eigenvalue weighted by Crippen LogP contribution is -2.05. The first kappa shape index (κ1) is 14.8. The van der Waals surface area contributed by atoms with Gasteiger partial charge in [-0.1, -0.05) is 0 Å². The van der Waals surface area contributed by atoms with Crippen molar-refractivity contribution in [3.8, 4) is 11.3 Å². The van der Waals surface area contributed by atoms with Crippen LogP contribution < -0.4 is 0 Å². The zero-order valence-corrected chi connectivity index (χ0v) is 10.9. The lowest BCUT2D eigenvalue weighted by molar-refractivity contribution is -0.137. The van der Waals surface area contributed by atoms with Crippen molar-refractivity contribution in [3.05, 3.63) is 47.7 Å². The molecule has 0 bridgehead atoms. The van der Waals surface area contributed by atoms with Gasteiger partial charge in [-0.3, -0.25) is 0 Å². The average molecular weight is 296 g/mol. The first-order valence-corrected chi connectivity index (χ1v) is 5.91. The van der Waals surface area contributed by atoms with Crippen LogP contribution in [0.2, 0.25) is 0 Å². The fourth-order valence-corrected chi connectivity index (χ4v) is 1.81. The number of halogens is 3. The van der Waals surface area contributed by atoms with Gasteiger partial charge in [0.05, 0.1) is 11.3 Å². The number of benzene rings is 1. The first-order chi connectivity index (χ1) is 9.75. The van der Waals surface area contributed by atoms with Gasteiger partial charge in [0.1, 0.15) is 0 Å². The van der Waals surface area contributed by atoms with Crippen LogP contribution in [0.25, 0.3) is 17.5 Å². The molecule has 0 saturated heterocycles. The quantitative estimate of drug-likeness (QED) is 0.883. The zero-order valence-electron chi connectivity index (χ0n) is 10.9. The van der Waals surface area contributed by atoms with Gasteiger partial charge in [-0.25, -0.2) is 9.48 Å². The van der Waals surface area contributed by atoms with Crippen LogP contribution >= 0.6 is 0 Å². The maximum absolute atomic E-state index is 12.8. The van der Waals surface area contributed by atoms with Gasteiger partial charge in [0, 0.05) is 24.0 Å². The third-order valence-corrected chi connectivity index (χ3v) is 2.68. The third kappa shape index (κ3) is 3.71. The number of carboxylic acid groups (broad SMARTS) is 1. The van der Waals surface area contributed by atoms with Crippen LogP contribution in [0.5, 0.6) is 0 Å². The van der Waals surface area contributed by atoms with Crippen LogP contribution in [0, 0.1) is 6.92 Å². The second-order valence-electron chi connectivity index (χ2n) is 4.42. The molecule has 0 spiro atoms. The summed E-state index contributed by atoms with van der Waals surface area (Å²) in [6.45, 7) is 1.57. The number of nitrogens with zero attached hydrogens (tertiary/aromatic N) is 2. The molecule has 7 heteroatoms. The van der Waals surface area contributed by atoms with Crippen molar-refractivity contribution >= 4 is 12.2 Å². The number of hydrogen-bond donors (Lipinski definition) is 1. The SMILES string of the molecule is Cc1cc(-c2ccn(/C=C\C(=O)O)n2)cc(C(F)(F)F)c1. The highest BCUT2D eigenvalue weighted by atomic mass is 19.4. The second-order valence-corrected chi connectivity index (χ2v) is 4.42. The van der Waals surface area contributed by atoms with E-state index < -0.39 is 17.7 Å². The molecule has 0 atom stereocenters. The smallest absolute Gasteiger partial charge is 0.416 e. The predicted molar refractivity (Wildman–Crippen MR) is 70.4 cm³/mol. The Kier molecular flexibility index (Phi) is 3.84. The molecule has 1 aromatic carbocycles. The Bertz CT molecular complexity index is 702. The molecule has 0 saturated carbocycles. The van der Waals surface area contributed by atoms with Crippen LogP contribution in [-0.4, -0.2) is 20.9 Å². The van der Waals surface area contributed by atoms with E-state index in [-0.39, 0.29) is 0 Å². The summed E-state index contributed by atoms with van der Waals surface area (Å²) in [5.41, 5.74) is 0.382. The Balaban J connectivity index is 2.39. The maximum Gasteiger partial charge on any atom is 0.416 e. The van der Waals surface area contributed by atoms with Gasteiger partial charge in [0.25, 0.3) is 0 Å². The molecule has 1 heterocycles. The number of carbonyl (C=O) groups is 1. The molecule has 0 aliphatic heterocycles. The Hall–Kier alpha value is -2.57. The molecule has 4 nitrogen and oxygen atoms in total. The summed E-state index contributed by atoms with van der Waals surface area (Å²) < 4.78 is 39.6. The molecule has 0 amide bonds. The number of carboxylic acids is 1. The van der Waals surface area contributed by atoms with E-state index in [1.54, 1.807) is 13.0 Å². The van der Waals surface area contributed by atoms with Gasteiger partial charge in [-0.05, 0) is 36.8 Å². The lowest BCUT2D eigenvalue weighted by Gasteiger charge is -2.09. The molecule has 2 rings (SSSR count). The molecule has 0 unspecified atom stereocenters. The second kappa shape index (κ2) is 5.43. The van der Waals surface area contributed by atoms with Gasteiger partial charge in [0.2, 0.25) is 0 Å². The van der Waals surface area contributed by atoms with Crippen molar-refractivity contribution in [2.45, 2.75) is 13.1 Å². The van der Waals surface area contributed by atoms with E-state index in [1.165, 1.54) is 23.1 Å². The van der Waals surface area contributed by atoms with E-state index in [9.17, 15) is 18.0 Å². The van der Waals surface area contributed by atoms with Crippen molar-refractivity contribution in [1.82, 2.24) is 9.78 Å². The molecule has 0 aliphatic rings. The normalized spacial score (nSPS) is 12.0. The fourth-order valence-electron chi connectivity index (χ4n) is 1.81. The van der Waals surface area contributed by atoms with Crippen molar-refractivity contribution < 1.29 is 23.1 Å². The third-order valence-electron chi connectivity index (χ3n) is 2.68. The number of aromatic nitrogens is 2. The van der Waals surface area contributed by atoms with Crippen LogP contribution in [0.3, 0.4) is 0 Å². The van der Waals surface area contributed by atoms with Gasteiger partial charge in [-0.2, -0.15) is 18.3 Å². The summed E-state index contributed by atoms with van der Waals surface area (Å²) in [4.78, 5) is 10.4. The minimum absolute atomic E-state index is 0.324. The summed E-state index contributed by atoms with van der Waals surface area (Å²) in [7, 11) is 0. The first-order valence-electron chi connectivity index (χ1n) is 5.91. The van der Waals surface area contributed by atoms with Crippen molar-refractivity contribution in [2.75, 3.05) is 0 Å². The highest BCUT2D eigenvalue weighted by Gasteiger charge is 2.31. The standard InChI is InChI=1S/C14H11F3N2O2/c1-9-6-10(8-11(7-9)14(15,16)17)12-2-4-19(18-12)5-3-13(20)21/h2-8H,1H3,(H,20,21)/b5-3-. The van der Waals surface area contributed by atoms with E-state index in [1.807, 2.05) is 0 Å². The highest BCUT2D eigenvalue weighted by Crippen LogP contribution is 2.32. The lowest BCUT2D eigenvalue weighted by atomic mass is 10.0. The van der Waals surface area contributed by atoms with Crippen molar-refractivity contribution in [2.24, 2.45) is 0 Å². The minimum atomic E-state index is -4.42. The van der Waals surface area contributed by atoms with E-state index >= 15 is 0 Å². The van der Waals surface area contributed by atoms with Crippen LogP contribution in [0.4, 0.5) is 13.2 Å². The van der Waals surface area contributed by atoms with Gasteiger partial charge >= 0.3 is 12.1 Å². The van der Waals surface area contributed by atoms with E-state index in [2.05, 4.69) is 5.10 Å². The van der Waals surface area contributed by atoms with E-state index in [0.29, 0.717) is 16.8 Å². The van der Waals surface area contributed by atoms with E-state index in [0.717, 1.165) is 18.2 Å². The van der Waals surface area contributed by atoms with Gasteiger partial charge in [-0.15, -0.1) is 0 Å². The topological polar surface area (TPSA) is 55.1 Å². The summed E-state index contributed by atoms with van der Waals surface area (Å²) in [6.07, 6.45) is -0.878. The average Bonchev–Trinajstić information content (AvgIpc) is 2.83. The zero-order chi connectivity index (χ0) is 15.6. The number of rotatable bonds is 3. The highest BCUT2D eigenvalue weighted by molar-refractivity contribution is 5.82. The maximum atomic E-state index is 12.8. The Morgan fingerprint density at radius 3 is 2.67 bits per heavy atom. The molecule has 0 aliphatic carbocycles. The molecule has 1 N–H and O–H groups in total. The van der Waals surface area contributed by atoms with Crippen LogP contribution in [-0.2, 0) is 11.0 Å². The molecule has 1 aromatic heterocycles. The largest absolute Gasteiger partial charge is 0.478 e. The minimum Gasteiger partial charge on any atom is -0.478 e. The monoisotopic (exact) mass is 296 g/mol. The number of alkyl halides is 3.